The van der Waals surface area contributed by atoms with Gasteiger partial charge in [-0.1, -0.05) is 23.7 Å². The van der Waals surface area contributed by atoms with Gasteiger partial charge in [-0.25, -0.2) is 8.42 Å². The molecule has 0 atom stereocenters. The summed E-state index contributed by atoms with van der Waals surface area (Å²) >= 11 is 11.0. The van der Waals surface area contributed by atoms with Crippen molar-refractivity contribution >= 4 is 56.0 Å². The van der Waals surface area contributed by atoms with E-state index in [1.54, 1.807) is 49.4 Å². The molecular formula is C16H17ClN4O2S2. The van der Waals surface area contributed by atoms with E-state index < -0.39 is 10.0 Å². The van der Waals surface area contributed by atoms with Gasteiger partial charge >= 0.3 is 0 Å². The van der Waals surface area contributed by atoms with Crippen molar-refractivity contribution in [1.29, 1.82) is 0 Å². The predicted octanol–water partition coefficient (Wildman–Crippen LogP) is 3.42. The van der Waals surface area contributed by atoms with Gasteiger partial charge in [-0.15, -0.1) is 0 Å². The summed E-state index contributed by atoms with van der Waals surface area (Å²) in [6.45, 7) is 1.79. The summed E-state index contributed by atoms with van der Waals surface area (Å²) in [5, 5.41) is 8.15. The summed E-state index contributed by atoms with van der Waals surface area (Å²) in [4.78, 5) is 0. The second kappa shape index (κ2) is 8.28. The number of sulfonamides is 1. The summed E-state index contributed by atoms with van der Waals surface area (Å²) < 4.78 is 25.0. The highest BCUT2D eigenvalue weighted by Crippen LogP contribution is 2.14. The van der Waals surface area contributed by atoms with E-state index in [4.69, 9.17) is 23.8 Å². The fourth-order valence-electron chi connectivity index (χ4n) is 1.91. The van der Waals surface area contributed by atoms with Gasteiger partial charge < -0.3 is 5.32 Å². The number of hydrogen-bond donors (Lipinski definition) is 3. The van der Waals surface area contributed by atoms with Crippen molar-refractivity contribution < 1.29 is 8.42 Å². The average Bonchev–Trinajstić information content (AvgIpc) is 2.53. The molecule has 6 nitrogen and oxygen atoms in total. The molecule has 0 aliphatic heterocycles. The molecule has 0 aliphatic rings. The van der Waals surface area contributed by atoms with E-state index in [2.05, 4.69) is 20.6 Å². The minimum atomic E-state index is -3.33. The number of hydrogen-bond acceptors (Lipinski definition) is 4. The Kier molecular flexibility index (Phi) is 6.35. The van der Waals surface area contributed by atoms with Crippen LogP contribution in [0.2, 0.25) is 5.02 Å². The summed E-state index contributed by atoms with van der Waals surface area (Å²) in [5.41, 5.74) is 5.41. The molecule has 0 radical (unpaired) electrons. The van der Waals surface area contributed by atoms with E-state index in [0.717, 1.165) is 17.5 Å². The molecule has 0 aliphatic carbocycles. The molecule has 132 valence electrons. The zero-order chi connectivity index (χ0) is 18.4. The topological polar surface area (TPSA) is 82.6 Å². The lowest BCUT2D eigenvalue weighted by Crippen LogP contribution is -2.24. The first-order valence-electron chi connectivity index (χ1n) is 7.18. The first kappa shape index (κ1) is 19.2. The Bertz CT molecular complexity index is 897. The van der Waals surface area contributed by atoms with Crippen LogP contribution in [0, 0.1) is 0 Å². The maximum Gasteiger partial charge on any atom is 0.229 e. The molecule has 2 aromatic rings. The van der Waals surface area contributed by atoms with Crippen LogP contribution in [0.25, 0.3) is 0 Å². The quantitative estimate of drug-likeness (QED) is 0.410. The minimum Gasteiger partial charge on any atom is -0.331 e. The number of hydrazone groups is 1. The van der Waals surface area contributed by atoms with Gasteiger partial charge in [0.05, 0.1) is 12.0 Å². The first-order valence-corrected chi connectivity index (χ1v) is 9.86. The Hall–Kier alpha value is -2.16. The minimum absolute atomic E-state index is 0.326. The van der Waals surface area contributed by atoms with Crippen LogP contribution in [-0.2, 0) is 10.0 Å². The van der Waals surface area contributed by atoms with Crippen LogP contribution in [-0.4, -0.2) is 25.5 Å². The molecule has 0 aromatic heterocycles. The third-order valence-corrected chi connectivity index (χ3v) is 4.06. The maximum atomic E-state index is 11.3. The van der Waals surface area contributed by atoms with Crippen LogP contribution in [0.3, 0.4) is 0 Å². The smallest absolute Gasteiger partial charge is 0.229 e. The molecule has 9 heteroatoms. The molecule has 25 heavy (non-hydrogen) atoms. The average molecular weight is 397 g/mol. The van der Waals surface area contributed by atoms with E-state index in [-0.39, 0.29) is 0 Å². The molecule has 0 heterocycles. The number of nitrogens with one attached hydrogen (secondary N) is 3. The molecule has 0 bridgehead atoms. The highest BCUT2D eigenvalue weighted by molar-refractivity contribution is 7.92. The van der Waals surface area contributed by atoms with Gasteiger partial charge in [-0.05, 0) is 61.1 Å². The van der Waals surface area contributed by atoms with Crippen molar-refractivity contribution in [2.75, 3.05) is 16.3 Å². The maximum absolute atomic E-state index is 11.3. The highest BCUT2D eigenvalue weighted by Gasteiger charge is 2.04. The Morgan fingerprint density at radius 3 is 2.44 bits per heavy atom. The van der Waals surface area contributed by atoms with Gasteiger partial charge in [-0.2, -0.15) is 5.10 Å². The van der Waals surface area contributed by atoms with Gasteiger partial charge in [0.15, 0.2) is 5.11 Å². The van der Waals surface area contributed by atoms with E-state index in [0.29, 0.717) is 21.5 Å². The van der Waals surface area contributed by atoms with Gasteiger partial charge in [0.1, 0.15) is 0 Å². The van der Waals surface area contributed by atoms with E-state index in [1.807, 2.05) is 6.07 Å². The lowest BCUT2D eigenvalue weighted by atomic mass is 10.1. The summed E-state index contributed by atoms with van der Waals surface area (Å²) in [7, 11) is -3.33. The Morgan fingerprint density at radius 2 is 1.80 bits per heavy atom. The zero-order valence-electron chi connectivity index (χ0n) is 13.6. The van der Waals surface area contributed by atoms with Crippen LogP contribution in [0.5, 0.6) is 0 Å². The summed E-state index contributed by atoms with van der Waals surface area (Å²) in [6.07, 6.45) is 1.10. The van der Waals surface area contributed by atoms with Gasteiger partial charge in [0.2, 0.25) is 10.0 Å². The van der Waals surface area contributed by atoms with E-state index >= 15 is 0 Å². The van der Waals surface area contributed by atoms with Crippen molar-refractivity contribution in [3.05, 3.63) is 59.1 Å². The second-order valence-electron chi connectivity index (χ2n) is 5.23. The molecule has 0 saturated heterocycles. The van der Waals surface area contributed by atoms with Crippen LogP contribution in [0.15, 0.2) is 53.6 Å². The third-order valence-electron chi connectivity index (χ3n) is 3.01. The SMILES string of the molecule is C/C(=N/NC(=S)Nc1ccc(Cl)cc1)c1cccc(NS(C)(=O)=O)c1. The Morgan fingerprint density at radius 1 is 1.12 bits per heavy atom. The molecule has 0 fully saturated rings. The molecule has 0 saturated carbocycles. The van der Waals surface area contributed by atoms with Crippen LogP contribution < -0.4 is 15.5 Å². The molecule has 2 rings (SSSR count). The monoisotopic (exact) mass is 396 g/mol. The number of anilines is 2. The first-order chi connectivity index (χ1) is 11.7. The number of nitrogens with zero attached hydrogens (tertiary/aromatic N) is 1. The normalized spacial score (nSPS) is 11.7. The van der Waals surface area contributed by atoms with Crippen molar-refractivity contribution in [3.8, 4) is 0 Å². The summed E-state index contributed by atoms with van der Waals surface area (Å²) in [6, 6.07) is 14.0. The molecule has 2 aromatic carbocycles. The molecular weight excluding hydrogens is 380 g/mol. The molecule has 0 amide bonds. The lowest BCUT2D eigenvalue weighted by molar-refractivity contribution is 0.607. The van der Waals surface area contributed by atoms with Crippen molar-refractivity contribution in [2.45, 2.75) is 6.92 Å². The van der Waals surface area contributed by atoms with Crippen molar-refractivity contribution in [2.24, 2.45) is 5.10 Å². The highest BCUT2D eigenvalue weighted by atomic mass is 35.5. The Balaban J connectivity index is 2.02. The largest absolute Gasteiger partial charge is 0.331 e. The summed E-state index contributed by atoms with van der Waals surface area (Å²) in [5.74, 6) is 0. The number of rotatable bonds is 5. The predicted molar refractivity (Wildman–Crippen MR) is 108 cm³/mol. The molecule has 3 N–H and O–H groups in total. The number of thiocarbonyl (C=S) groups is 1. The third kappa shape index (κ3) is 6.69. The number of halogens is 1. The molecule has 0 unspecified atom stereocenters. The Labute approximate surface area is 157 Å². The van der Waals surface area contributed by atoms with Crippen molar-refractivity contribution in [1.82, 2.24) is 5.43 Å². The van der Waals surface area contributed by atoms with Crippen LogP contribution >= 0.6 is 23.8 Å². The number of benzene rings is 2. The lowest BCUT2D eigenvalue weighted by Gasteiger charge is -2.09. The zero-order valence-corrected chi connectivity index (χ0v) is 16.0. The fourth-order valence-corrected chi connectivity index (χ4v) is 2.76. The standard InChI is InChI=1S/C16H17ClN4O2S2/c1-11(12-4-3-5-15(10-12)21-25(2,22)23)19-20-16(24)18-14-8-6-13(17)7-9-14/h3-10,21H,1-2H3,(H2,18,20,24)/b19-11-. The van der Waals surface area contributed by atoms with Crippen LogP contribution in [0.4, 0.5) is 11.4 Å². The second-order valence-corrected chi connectivity index (χ2v) is 7.82. The van der Waals surface area contributed by atoms with Gasteiger partial charge in [-0.3, -0.25) is 10.1 Å². The van der Waals surface area contributed by atoms with Crippen LogP contribution in [0.1, 0.15) is 12.5 Å². The van der Waals surface area contributed by atoms with E-state index in [9.17, 15) is 8.42 Å². The van der Waals surface area contributed by atoms with Gasteiger partial charge in [0, 0.05) is 16.4 Å². The fraction of sp³-hybridized carbons (Fsp3) is 0.125. The van der Waals surface area contributed by atoms with E-state index in [1.165, 1.54) is 0 Å². The van der Waals surface area contributed by atoms with Crippen molar-refractivity contribution in [3.63, 3.8) is 0 Å². The molecule has 0 spiro atoms. The van der Waals surface area contributed by atoms with Gasteiger partial charge in [0.25, 0.3) is 0 Å².